The Bertz CT molecular complexity index is 411. The minimum atomic E-state index is -0.230. The van der Waals surface area contributed by atoms with Crippen molar-refractivity contribution in [3.8, 4) is 0 Å². The fourth-order valence-corrected chi connectivity index (χ4v) is 4.22. The first-order valence-electron chi connectivity index (χ1n) is 7.43. The summed E-state index contributed by atoms with van der Waals surface area (Å²) in [5.74, 6) is -0.187. The van der Waals surface area contributed by atoms with Gasteiger partial charge < -0.3 is 19.1 Å². The number of rotatable bonds is 6. The van der Waals surface area contributed by atoms with Crippen molar-refractivity contribution in [3.05, 3.63) is 11.4 Å². The predicted molar refractivity (Wildman–Crippen MR) is 86.3 cm³/mol. The van der Waals surface area contributed by atoms with Crippen LogP contribution in [0.3, 0.4) is 0 Å². The quantitative estimate of drug-likeness (QED) is 0.294. The highest BCUT2D eigenvalue weighted by molar-refractivity contribution is 14.1. The molecule has 2 rings (SSSR count). The monoisotopic (exact) mass is 407 g/mol. The number of esters is 1. The molecule has 2 fully saturated rings. The number of halogens is 1. The van der Waals surface area contributed by atoms with Gasteiger partial charge in [-0.2, -0.15) is 0 Å². The molecule has 2 saturated heterocycles. The molecule has 4 atom stereocenters. The molecule has 2 aliphatic heterocycles. The first-order valence-corrected chi connectivity index (χ1v) is 8.95. The van der Waals surface area contributed by atoms with Crippen molar-refractivity contribution in [2.75, 3.05) is 18.1 Å². The zero-order chi connectivity index (χ0) is 15.3. The summed E-state index contributed by atoms with van der Waals surface area (Å²) in [5, 5.41) is 0. The van der Waals surface area contributed by atoms with Crippen LogP contribution in [0.1, 0.15) is 38.5 Å². The molecule has 0 aliphatic carbocycles. The summed E-state index contributed by atoms with van der Waals surface area (Å²) in [4.78, 5) is 14.7. The lowest BCUT2D eigenvalue weighted by Gasteiger charge is -2.40. The second-order valence-corrected chi connectivity index (χ2v) is 6.51. The van der Waals surface area contributed by atoms with E-state index in [0.717, 1.165) is 30.1 Å². The van der Waals surface area contributed by atoms with E-state index in [-0.39, 0.29) is 29.9 Å². The average Bonchev–Trinajstić information content (AvgIpc) is 2.88. The number of ether oxygens (including phenoxy) is 3. The molecular formula is C15H22INO4. The lowest BCUT2D eigenvalue weighted by Crippen LogP contribution is -2.49. The standard InChI is InChI=1S/C15H22INO4/c1-17-8-7-11-3-5-13-15(10-16,21-11)9-12(20-13)4-6-14(18)19-2/h11-13H,3-10H2,2H3/t11-,12+,13+,15-/m1/s1. The number of fused-ring (bicyclic) bond motifs is 1. The van der Waals surface area contributed by atoms with Crippen LogP contribution in [-0.2, 0) is 19.0 Å². The van der Waals surface area contributed by atoms with E-state index in [1.165, 1.54) is 7.11 Å². The topological polar surface area (TPSA) is 49.1 Å². The van der Waals surface area contributed by atoms with Crippen molar-refractivity contribution in [1.29, 1.82) is 0 Å². The Balaban J connectivity index is 1.92. The average molecular weight is 407 g/mol. The fourth-order valence-electron chi connectivity index (χ4n) is 3.24. The predicted octanol–water partition coefficient (Wildman–Crippen LogP) is 2.76. The third-order valence-corrected chi connectivity index (χ3v) is 5.65. The molecular weight excluding hydrogens is 385 g/mol. The number of methoxy groups -OCH3 is 1. The fraction of sp³-hybridized carbons (Fsp3) is 0.867. The van der Waals surface area contributed by atoms with Gasteiger partial charge in [-0.05, 0) is 19.3 Å². The van der Waals surface area contributed by atoms with Gasteiger partial charge in [0, 0.05) is 23.7 Å². The molecule has 0 N–H and O–H groups in total. The van der Waals surface area contributed by atoms with Crippen molar-refractivity contribution in [2.45, 2.75) is 62.4 Å². The molecule has 0 aromatic rings. The Morgan fingerprint density at radius 1 is 1.43 bits per heavy atom. The van der Waals surface area contributed by atoms with Gasteiger partial charge in [-0.25, -0.2) is 6.57 Å². The SMILES string of the molecule is [C-]#[N+]CC[C@H]1CC[C@@H]2O[C@@H](CCC(=O)OC)C[C@]2(CI)O1. The number of carbonyl (C=O) groups is 1. The van der Waals surface area contributed by atoms with Crippen molar-refractivity contribution in [1.82, 2.24) is 0 Å². The van der Waals surface area contributed by atoms with Crippen LogP contribution in [0.25, 0.3) is 4.85 Å². The molecule has 0 unspecified atom stereocenters. The van der Waals surface area contributed by atoms with Gasteiger partial charge in [0.1, 0.15) is 5.60 Å². The van der Waals surface area contributed by atoms with Gasteiger partial charge in [0.05, 0.1) is 25.4 Å². The second kappa shape index (κ2) is 7.75. The highest BCUT2D eigenvalue weighted by Gasteiger charge is 2.52. The van der Waals surface area contributed by atoms with E-state index >= 15 is 0 Å². The molecule has 5 nitrogen and oxygen atoms in total. The van der Waals surface area contributed by atoms with Crippen LogP contribution in [0.2, 0.25) is 0 Å². The van der Waals surface area contributed by atoms with E-state index in [9.17, 15) is 4.79 Å². The van der Waals surface area contributed by atoms with E-state index in [0.29, 0.717) is 19.4 Å². The molecule has 6 heteroatoms. The van der Waals surface area contributed by atoms with Gasteiger partial charge in [-0.3, -0.25) is 4.79 Å². The smallest absolute Gasteiger partial charge is 0.305 e. The molecule has 2 heterocycles. The summed E-state index contributed by atoms with van der Waals surface area (Å²) in [5.41, 5.74) is -0.230. The van der Waals surface area contributed by atoms with E-state index in [1.54, 1.807) is 0 Å². The number of alkyl halides is 1. The molecule has 0 saturated carbocycles. The molecule has 0 spiro atoms. The molecule has 0 amide bonds. The third kappa shape index (κ3) is 4.08. The van der Waals surface area contributed by atoms with Gasteiger partial charge in [-0.15, -0.1) is 0 Å². The van der Waals surface area contributed by atoms with E-state index < -0.39 is 0 Å². The van der Waals surface area contributed by atoms with Crippen LogP contribution in [0, 0.1) is 6.57 Å². The molecule has 2 aliphatic rings. The van der Waals surface area contributed by atoms with Crippen molar-refractivity contribution in [2.24, 2.45) is 0 Å². The highest BCUT2D eigenvalue weighted by atomic mass is 127. The summed E-state index contributed by atoms with van der Waals surface area (Å²) in [6, 6.07) is 0. The van der Waals surface area contributed by atoms with Crippen molar-refractivity contribution < 1.29 is 19.0 Å². The van der Waals surface area contributed by atoms with E-state index in [1.807, 2.05) is 0 Å². The van der Waals surface area contributed by atoms with Crippen LogP contribution in [-0.4, -0.2) is 48.0 Å². The molecule has 0 bridgehead atoms. The maximum atomic E-state index is 11.3. The van der Waals surface area contributed by atoms with Gasteiger partial charge >= 0.3 is 5.97 Å². The zero-order valence-electron chi connectivity index (χ0n) is 12.3. The van der Waals surface area contributed by atoms with Gasteiger partial charge in [-0.1, -0.05) is 22.6 Å². The number of carbonyl (C=O) groups excluding carboxylic acids is 1. The van der Waals surface area contributed by atoms with Crippen molar-refractivity contribution in [3.63, 3.8) is 0 Å². The maximum Gasteiger partial charge on any atom is 0.305 e. The summed E-state index contributed by atoms with van der Waals surface area (Å²) in [6.07, 6.45) is 5.05. The van der Waals surface area contributed by atoms with Gasteiger partial charge in [0.15, 0.2) is 0 Å². The molecule has 21 heavy (non-hydrogen) atoms. The molecule has 118 valence electrons. The summed E-state index contributed by atoms with van der Waals surface area (Å²) < 4.78 is 18.0. The minimum absolute atomic E-state index is 0.0727. The lowest BCUT2D eigenvalue weighted by atomic mass is 9.87. The van der Waals surface area contributed by atoms with Crippen LogP contribution in [0.15, 0.2) is 0 Å². The minimum Gasteiger partial charge on any atom is -0.469 e. The number of hydrogen-bond acceptors (Lipinski definition) is 4. The molecule has 0 aromatic carbocycles. The van der Waals surface area contributed by atoms with E-state index in [4.69, 9.17) is 16.0 Å². The van der Waals surface area contributed by atoms with Crippen LogP contribution in [0.5, 0.6) is 0 Å². The number of nitrogens with zero attached hydrogens (tertiary/aromatic N) is 1. The molecule has 0 radical (unpaired) electrons. The van der Waals surface area contributed by atoms with Crippen LogP contribution in [0.4, 0.5) is 0 Å². The van der Waals surface area contributed by atoms with Crippen LogP contribution < -0.4 is 0 Å². The normalized spacial score (nSPS) is 35.0. The second-order valence-electron chi connectivity index (χ2n) is 5.75. The Morgan fingerprint density at radius 2 is 2.24 bits per heavy atom. The largest absolute Gasteiger partial charge is 0.469 e. The Hall–Kier alpha value is -0.390. The number of hydrogen-bond donors (Lipinski definition) is 0. The zero-order valence-corrected chi connectivity index (χ0v) is 14.5. The van der Waals surface area contributed by atoms with Crippen molar-refractivity contribution >= 4 is 28.6 Å². The highest BCUT2D eigenvalue weighted by Crippen LogP contribution is 2.44. The molecule has 0 aromatic heterocycles. The van der Waals surface area contributed by atoms with Crippen LogP contribution >= 0.6 is 22.6 Å². The summed E-state index contributed by atoms with van der Waals surface area (Å²) in [7, 11) is 1.41. The Morgan fingerprint density at radius 3 is 2.90 bits per heavy atom. The maximum absolute atomic E-state index is 11.3. The lowest BCUT2D eigenvalue weighted by molar-refractivity contribution is -0.152. The van der Waals surface area contributed by atoms with Gasteiger partial charge in [0.25, 0.3) is 0 Å². The summed E-state index contributed by atoms with van der Waals surface area (Å²) in [6.45, 7) is 7.43. The Labute approximate surface area is 139 Å². The van der Waals surface area contributed by atoms with Gasteiger partial charge in [0.2, 0.25) is 6.54 Å². The Kier molecular flexibility index (Phi) is 6.26. The summed E-state index contributed by atoms with van der Waals surface area (Å²) >= 11 is 2.36. The first-order chi connectivity index (χ1) is 10.1. The third-order valence-electron chi connectivity index (χ3n) is 4.36. The van der Waals surface area contributed by atoms with E-state index in [2.05, 4.69) is 32.2 Å². The first kappa shape index (κ1) is 17.0.